The van der Waals surface area contributed by atoms with Gasteiger partial charge >= 0.3 is 0 Å². The molecule has 34 heavy (non-hydrogen) atoms. The molecule has 1 aliphatic rings. The number of nitrogens with zero attached hydrogens (tertiary/aromatic N) is 1. The van der Waals surface area contributed by atoms with E-state index in [1.54, 1.807) is 42.5 Å². The number of sulfonamides is 2. The maximum atomic E-state index is 13.1. The van der Waals surface area contributed by atoms with Crippen LogP contribution in [-0.4, -0.2) is 41.9 Å². The Labute approximate surface area is 200 Å². The third-order valence-electron chi connectivity index (χ3n) is 5.75. The van der Waals surface area contributed by atoms with Crippen LogP contribution in [0.15, 0.2) is 70.5 Å². The average Bonchev–Trinajstić information content (AvgIpc) is 2.83. The van der Waals surface area contributed by atoms with Gasteiger partial charge < -0.3 is 9.47 Å². The number of ether oxygens (including phenoxy) is 2. The van der Waals surface area contributed by atoms with E-state index in [1.165, 1.54) is 30.7 Å². The number of benzene rings is 3. The molecule has 0 fully saturated rings. The summed E-state index contributed by atoms with van der Waals surface area (Å²) in [5, 5.41) is 0. The molecule has 1 heterocycles. The molecule has 0 atom stereocenters. The summed E-state index contributed by atoms with van der Waals surface area (Å²) in [6.07, 6.45) is 0.539. The minimum absolute atomic E-state index is 0.0596. The summed E-state index contributed by atoms with van der Waals surface area (Å²) in [4.78, 5) is 0.180. The Kier molecular flexibility index (Phi) is 6.57. The number of nitrogens with one attached hydrogen (secondary N) is 1. The minimum Gasteiger partial charge on any atom is -0.497 e. The van der Waals surface area contributed by atoms with Gasteiger partial charge in [-0.05, 0) is 60.9 Å². The Hall–Kier alpha value is -3.08. The van der Waals surface area contributed by atoms with E-state index in [4.69, 9.17) is 9.47 Å². The predicted octanol–water partition coefficient (Wildman–Crippen LogP) is 3.56. The standard InChI is InChI=1S/C24H26N2O6S2/c1-17-4-9-22(10-5-17)34(29,30)26-13-12-18-6-7-20(14-19(18)16-26)25-33(27,28)24-15-21(31-2)8-11-23(24)32-3/h4-11,14-15,25H,12-13,16H2,1-3H3. The zero-order chi connectivity index (χ0) is 24.5. The van der Waals surface area contributed by atoms with Gasteiger partial charge in [0.15, 0.2) is 0 Å². The molecule has 8 nitrogen and oxygen atoms in total. The first kappa shape index (κ1) is 24.1. The normalized spacial score (nSPS) is 14.3. The van der Waals surface area contributed by atoms with Gasteiger partial charge in [-0.2, -0.15) is 4.31 Å². The summed E-state index contributed by atoms with van der Waals surface area (Å²) >= 11 is 0. The minimum atomic E-state index is -3.99. The van der Waals surface area contributed by atoms with Crippen molar-refractivity contribution in [2.75, 3.05) is 25.5 Å². The predicted molar refractivity (Wildman–Crippen MR) is 129 cm³/mol. The van der Waals surface area contributed by atoms with E-state index in [0.29, 0.717) is 24.4 Å². The van der Waals surface area contributed by atoms with Crippen molar-refractivity contribution < 1.29 is 26.3 Å². The third kappa shape index (κ3) is 4.75. The van der Waals surface area contributed by atoms with Crippen LogP contribution in [0, 0.1) is 6.92 Å². The highest BCUT2D eigenvalue weighted by Gasteiger charge is 2.29. The Bertz CT molecular complexity index is 1420. The molecule has 0 aliphatic carbocycles. The second-order valence-corrected chi connectivity index (χ2v) is 11.6. The molecule has 0 saturated carbocycles. The molecule has 3 aromatic rings. The van der Waals surface area contributed by atoms with E-state index < -0.39 is 20.0 Å². The SMILES string of the molecule is COc1ccc(OC)c(S(=O)(=O)Nc2ccc3c(c2)CN(S(=O)(=O)c2ccc(C)cc2)CC3)c1. The first-order valence-electron chi connectivity index (χ1n) is 10.6. The first-order chi connectivity index (χ1) is 16.1. The molecule has 0 amide bonds. The molecule has 0 radical (unpaired) electrons. The second-order valence-electron chi connectivity index (χ2n) is 8.01. The lowest BCUT2D eigenvalue weighted by molar-refractivity contribution is 0.391. The van der Waals surface area contributed by atoms with Gasteiger partial charge in [-0.3, -0.25) is 4.72 Å². The highest BCUT2D eigenvalue weighted by atomic mass is 32.2. The van der Waals surface area contributed by atoms with Crippen molar-refractivity contribution in [2.45, 2.75) is 29.7 Å². The Balaban J connectivity index is 1.61. The van der Waals surface area contributed by atoms with E-state index >= 15 is 0 Å². The fourth-order valence-electron chi connectivity index (χ4n) is 3.86. The van der Waals surface area contributed by atoms with Gasteiger partial charge in [0, 0.05) is 24.8 Å². The molecule has 180 valence electrons. The third-order valence-corrected chi connectivity index (χ3v) is 9.02. The Morgan fingerprint density at radius 3 is 2.26 bits per heavy atom. The van der Waals surface area contributed by atoms with Gasteiger partial charge in [-0.25, -0.2) is 16.8 Å². The molecule has 0 unspecified atom stereocenters. The van der Waals surface area contributed by atoms with E-state index in [1.807, 2.05) is 13.0 Å². The average molecular weight is 503 g/mol. The molecule has 0 spiro atoms. The van der Waals surface area contributed by atoms with Crippen molar-refractivity contribution in [1.29, 1.82) is 0 Å². The molecular formula is C24H26N2O6S2. The van der Waals surface area contributed by atoms with Gasteiger partial charge in [0.25, 0.3) is 10.0 Å². The van der Waals surface area contributed by atoms with Crippen molar-refractivity contribution in [2.24, 2.45) is 0 Å². The van der Waals surface area contributed by atoms with Crippen molar-refractivity contribution in [1.82, 2.24) is 4.31 Å². The summed E-state index contributed by atoms with van der Waals surface area (Å²) in [6.45, 7) is 2.41. The lowest BCUT2D eigenvalue weighted by Crippen LogP contribution is -2.36. The molecule has 4 rings (SSSR count). The Morgan fingerprint density at radius 2 is 1.59 bits per heavy atom. The fourth-order valence-corrected chi connectivity index (χ4v) is 6.52. The van der Waals surface area contributed by atoms with Crippen LogP contribution in [0.25, 0.3) is 0 Å². The quantitative estimate of drug-likeness (QED) is 0.530. The molecule has 0 aromatic heterocycles. The van der Waals surface area contributed by atoms with Gasteiger partial charge in [-0.1, -0.05) is 23.8 Å². The number of methoxy groups -OCH3 is 2. The van der Waals surface area contributed by atoms with Crippen LogP contribution in [-0.2, 0) is 33.0 Å². The van der Waals surface area contributed by atoms with Crippen molar-refractivity contribution in [3.05, 3.63) is 77.4 Å². The van der Waals surface area contributed by atoms with E-state index in [9.17, 15) is 16.8 Å². The lowest BCUT2D eigenvalue weighted by Gasteiger charge is -2.28. The van der Waals surface area contributed by atoms with Crippen LogP contribution in [0.3, 0.4) is 0 Å². The maximum absolute atomic E-state index is 13.1. The van der Waals surface area contributed by atoms with Crippen LogP contribution < -0.4 is 14.2 Å². The smallest absolute Gasteiger partial charge is 0.265 e. The van der Waals surface area contributed by atoms with Gasteiger partial charge in [-0.15, -0.1) is 0 Å². The highest BCUT2D eigenvalue weighted by molar-refractivity contribution is 7.92. The number of fused-ring (bicyclic) bond motifs is 1. The molecule has 1 aliphatic heterocycles. The fraction of sp³-hybridized carbons (Fsp3) is 0.250. The topological polar surface area (TPSA) is 102 Å². The summed E-state index contributed by atoms with van der Waals surface area (Å²) in [7, 11) is -4.81. The van der Waals surface area contributed by atoms with E-state index in [2.05, 4.69) is 4.72 Å². The van der Waals surface area contributed by atoms with Crippen LogP contribution >= 0.6 is 0 Å². The van der Waals surface area contributed by atoms with Crippen LogP contribution in [0.5, 0.6) is 11.5 Å². The van der Waals surface area contributed by atoms with E-state index in [0.717, 1.165) is 16.7 Å². The number of anilines is 1. The molecule has 10 heteroatoms. The van der Waals surface area contributed by atoms with Gasteiger partial charge in [0.1, 0.15) is 16.4 Å². The van der Waals surface area contributed by atoms with E-state index in [-0.39, 0.29) is 22.1 Å². The van der Waals surface area contributed by atoms with Crippen LogP contribution in [0.1, 0.15) is 16.7 Å². The number of rotatable bonds is 7. The monoisotopic (exact) mass is 502 g/mol. The van der Waals surface area contributed by atoms with Crippen molar-refractivity contribution in [3.8, 4) is 11.5 Å². The molecule has 0 bridgehead atoms. The number of hydrogen-bond donors (Lipinski definition) is 1. The highest BCUT2D eigenvalue weighted by Crippen LogP contribution is 2.31. The maximum Gasteiger partial charge on any atom is 0.265 e. The summed E-state index contributed by atoms with van der Waals surface area (Å²) in [5.41, 5.74) is 3.04. The molecule has 1 N–H and O–H groups in total. The Morgan fingerprint density at radius 1 is 0.853 bits per heavy atom. The zero-order valence-corrected chi connectivity index (χ0v) is 20.7. The molecule has 3 aromatic carbocycles. The first-order valence-corrected chi connectivity index (χ1v) is 13.5. The zero-order valence-electron chi connectivity index (χ0n) is 19.1. The summed E-state index contributed by atoms with van der Waals surface area (Å²) < 4.78 is 66.8. The van der Waals surface area contributed by atoms with Crippen LogP contribution in [0.2, 0.25) is 0 Å². The van der Waals surface area contributed by atoms with Crippen LogP contribution in [0.4, 0.5) is 5.69 Å². The lowest BCUT2D eigenvalue weighted by atomic mass is 10.0. The second kappa shape index (κ2) is 9.28. The van der Waals surface area contributed by atoms with Gasteiger partial charge in [0.05, 0.1) is 19.1 Å². The largest absolute Gasteiger partial charge is 0.497 e. The number of hydrogen-bond acceptors (Lipinski definition) is 6. The molecular weight excluding hydrogens is 476 g/mol. The number of aryl methyl sites for hydroxylation is 1. The van der Waals surface area contributed by atoms with Gasteiger partial charge in [0.2, 0.25) is 10.0 Å². The summed E-state index contributed by atoms with van der Waals surface area (Å²) in [5.74, 6) is 0.560. The van der Waals surface area contributed by atoms with Crippen molar-refractivity contribution in [3.63, 3.8) is 0 Å². The summed E-state index contributed by atoms with van der Waals surface area (Å²) in [6, 6.07) is 16.4. The molecule has 0 saturated heterocycles. The van der Waals surface area contributed by atoms with Crippen molar-refractivity contribution >= 4 is 25.7 Å².